The lowest BCUT2D eigenvalue weighted by Crippen LogP contribution is -2.08. The highest BCUT2D eigenvalue weighted by atomic mass is 32.2. The van der Waals surface area contributed by atoms with E-state index >= 15 is 0 Å². The fourth-order valence-corrected chi connectivity index (χ4v) is 3.96. The molecular weight excluding hydrogens is 272 g/mol. The molecule has 0 aromatic heterocycles. The van der Waals surface area contributed by atoms with Crippen molar-refractivity contribution in [2.24, 2.45) is 0 Å². The maximum atomic E-state index is 11.9. The van der Waals surface area contributed by atoms with Crippen LogP contribution >= 0.6 is 11.8 Å². The summed E-state index contributed by atoms with van der Waals surface area (Å²) in [5.74, 6) is -0.844. The lowest BCUT2D eigenvalue weighted by atomic mass is 10.3. The molecule has 4 nitrogen and oxygen atoms in total. The quantitative estimate of drug-likeness (QED) is 0.814. The highest BCUT2D eigenvalue weighted by Crippen LogP contribution is 2.31. The lowest BCUT2D eigenvalue weighted by molar-refractivity contribution is -0.136. The van der Waals surface area contributed by atoms with Crippen LogP contribution in [0.4, 0.5) is 0 Å². The molecule has 0 aliphatic rings. The Hall–Kier alpha value is -1.01. The van der Waals surface area contributed by atoms with E-state index in [1.54, 1.807) is 38.1 Å². The van der Waals surface area contributed by atoms with Crippen LogP contribution in [0.15, 0.2) is 34.1 Å². The van der Waals surface area contributed by atoms with Crippen molar-refractivity contribution in [3.8, 4) is 0 Å². The number of benzene rings is 1. The first-order valence-corrected chi connectivity index (χ1v) is 8.10. The number of sulfone groups is 1. The van der Waals surface area contributed by atoms with Crippen molar-refractivity contribution in [1.82, 2.24) is 0 Å². The van der Waals surface area contributed by atoms with Gasteiger partial charge in [0.1, 0.15) is 0 Å². The lowest BCUT2D eigenvalue weighted by Gasteiger charge is -2.12. The molecule has 0 bridgehead atoms. The third-order valence-corrected chi connectivity index (χ3v) is 5.45. The van der Waals surface area contributed by atoms with E-state index < -0.39 is 15.8 Å². The monoisotopic (exact) mass is 288 g/mol. The zero-order chi connectivity index (χ0) is 13.8. The summed E-state index contributed by atoms with van der Waals surface area (Å²) in [5.41, 5.74) is 0. The van der Waals surface area contributed by atoms with Crippen molar-refractivity contribution in [2.75, 3.05) is 5.75 Å². The molecular formula is C12H16O4S2. The highest BCUT2D eigenvalue weighted by Gasteiger charge is 2.18. The Kier molecular flexibility index (Phi) is 5.22. The molecule has 6 heteroatoms. The van der Waals surface area contributed by atoms with E-state index in [2.05, 4.69) is 0 Å². The third kappa shape index (κ3) is 4.03. The molecule has 1 atom stereocenters. The van der Waals surface area contributed by atoms with Gasteiger partial charge in [0.2, 0.25) is 0 Å². The Morgan fingerprint density at radius 2 is 2.00 bits per heavy atom. The van der Waals surface area contributed by atoms with Crippen molar-refractivity contribution in [3.05, 3.63) is 24.3 Å². The minimum absolute atomic E-state index is 0.00513. The summed E-state index contributed by atoms with van der Waals surface area (Å²) in [4.78, 5) is 11.5. The van der Waals surface area contributed by atoms with Gasteiger partial charge in [0.15, 0.2) is 9.84 Å². The molecule has 0 aliphatic heterocycles. The van der Waals surface area contributed by atoms with E-state index in [9.17, 15) is 13.2 Å². The van der Waals surface area contributed by atoms with E-state index in [0.717, 1.165) is 0 Å². The van der Waals surface area contributed by atoms with Crippen LogP contribution in [0, 0.1) is 0 Å². The number of carboxylic acid groups (broad SMARTS) is 1. The van der Waals surface area contributed by atoms with Crippen LogP contribution in [0.3, 0.4) is 0 Å². The van der Waals surface area contributed by atoms with Crippen molar-refractivity contribution >= 4 is 27.6 Å². The number of thioether (sulfide) groups is 1. The van der Waals surface area contributed by atoms with E-state index in [1.165, 1.54) is 11.8 Å². The standard InChI is InChI=1S/C12H16O4S2/c1-3-18(15,16)11-7-5-4-6-10(11)17-9(2)8-12(13)14/h4-7,9H,3,8H2,1-2H3,(H,13,14). The molecule has 0 spiro atoms. The summed E-state index contributed by atoms with van der Waals surface area (Å²) in [7, 11) is -3.27. The number of hydrogen-bond acceptors (Lipinski definition) is 4. The van der Waals surface area contributed by atoms with Crippen LogP contribution in [-0.2, 0) is 14.6 Å². The van der Waals surface area contributed by atoms with Crippen molar-refractivity contribution < 1.29 is 18.3 Å². The van der Waals surface area contributed by atoms with Gasteiger partial charge in [-0.25, -0.2) is 8.42 Å². The minimum atomic E-state index is -3.27. The van der Waals surface area contributed by atoms with Crippen molar-refractivity contribution in [1.29, 1.82) is 0 Å². The number of aliphatic carboxylic acids is 1. The molecule has 1 N–H and O–H groups in total. The van der Waals surface area contributed by atoms with Crippen LogP contribution in [0.1, 0.15) is 20.3 Å². The second kappa shape index (κ2) is 6.24. The van der Waals surface area contributed by atoms with Gasteiger partial charge >= 0.3 is 5.97 Å². The molecule has 0 radical (unpaired) electrons. The fourth-order valence-electron chi connectivity index (χ4n) is 1.46. The van der Waals surface area contributed by atoms with Crippen molar-refractivity contribution in [2.45, 2.75) is 35.3 Å². The van der Waals surface area contributed by atoms with Gasteiger partial charge in [-0.3, -0.25) is 4.79 Å². The molecule has 0 saturated carbocycles. The Balaban J connectivity index is 3.00. The van der Waals surface area contributed by atoms with Gasteiger partial charge < -0.3 is 5.11 Å². The third-order valence-electron chi connectivity index (χ3n) is 2.35. The summed E-state index contributed by atoms with van der Waals surface area (Å²) in [6.45, 7) is 3.37. The molecule has 18 heavy (non-hydrogen) atoms. The Bertz CT molecular complexity index is 523. The molecule has 1 rings (SSSR count). The molecule has 0 heterocycles. The number of carbonyl (C=O) groups is 1. The van der Waals surface area contributed by atoms with E-state index in [1.807, 2.05) is 0 Å². The SMILES string of the molecule is CCS(=O)(=O)c1ccccc1SC(C)CC(=O)O. The average Bonchev–Trinajstić information content (AvgIpc) is 2.28. The molecule has 0 aliphatic carbocycles. The number of carboxylic acids is 1. The second-order valence-corrected chi connectivity index (χ2v) is 7.60. The largest absolute Gasteiger partial charge is 0.481 e. The van der Waals surface area contributed by atoms with Crippen LogP contribution in [0.2, 0.25) is 0 Å². The first-order valence-electron chi connectivity index (χ1n) is 5.57. The normalized spacial score (nSPS) is 13.2. The Labute approximate surface area is 111 Å². The van der Waals surface area contributed by atoms with E-state index in [-0.39, 0.29) is 22.3 Å². The topological polar surface area (TPSA) is 71.4 Å². The average molecular weight is 288 g/mol. The number of hydrogen-bond donors (Lipinski definition) is 1. The van der Waals surface area contributed by atoms with Crippen LogP contribution in [0.25, 0.3) is 0 Å². The maximum Gasteiger partial charge on any atom is 0.304 e. The van der Waals surface area contributed by atoms with Gasteiger partial charge in [0.05, 0.1) is 17.1 Å². The molecule has 1 unspecified atom stereocenters. The zero-order valence-corrected chi connectivity index (χ0v) is 11.9. The Morgan fingerprint density at radius 1 is 1.39 bits per heavy atom. The molecule has 100 valence electrons. The summed E-state index contributed by atoms with van der Waals surface area (Å²) in [5, 5.41) is 8.54. The van der Waals surface area contributed by atoms with Gasteiger partial charge in [0, 0.05) is 10.1 Å². The number of rotatable bonds is 6. The maximum absolute atomic E-state index is 11.9. The molecule has 0 saturated heterocycles. The Morgan fingerprint density at radius 3 is 2.56 bits per heavy atom. The molecule has 0 amide bonds. The summed E-state index contributed by atoms with van der Waals surface area (Å²) in [6.07, 6.45) is 0.00513. The van der Waals surface area contributed by atoms with Gasteiger partial charge in [-0.2, -0.15) is 0 Å². The van der Waals surface area contributed by atoms with Crippen molar-refractivity contribution in [3.63, 3.8) is 0 Å². The molecule has 0 fully saturated rings. The minimum Gasteiger partial charge on any atom is -0.481 e. The van der Waals surface area contributed by atoms with E-state index in [0.29, 0.717) is 4.90 Å². The second-order valence-electron chi connectivity index (χ2n) is 3.88. The zero-order valence-electron chi connectivity index (χ0n) is 10.3. The summed E-state index contributed by atoms with van der Waals surface area (Å²) < 4.78 is 23.8. The van der Waals surface area contributed by atoms with Gasteiger partial charge in [0.25, 0.3) is 0 Å². The molecule has 1 aromatic rings. The smallest absolute Gasteiger partial charge is 0.304 e. The summed E-state index contributed by atoms with van der Waals surface area (Å²) in [6, 6.07) is 6.71. The molecule has 1 aromatic carbocycles. The van der Waals surface area contributed by atoms with Gasteiger partial charge in [-0.05, 0) is 12.1 Å². The van der Waals surface area contributed by atoms with E-state index in [4.69, 9.17) is 5.11 Å². The first-order chi connectivity index (χ1) is 8.36. The van der Waals surface area contributed by atoms with Crippen LogP contribution < -0.4 is 0 Å². The summed E-state index contributed by atoms with van der Waals surface area (Å²) >= 11 is 1.28. The van der Waals surface area contributed by atoms with Gasteiger partial charge in [-0.1, -0.05) is 26.0 Å². The fraction of sp³-hybridized carbons (Fsp3) is 0.417. The van der Waals surface area contributed by atoms with Crippen LogP contribution in [-0.4, -0.2) is 30.5 Å². The highest BCUT2D eigenvalue weighted by molar-refractivity contribution is 8.00. The predicted octanol–water partition coefficient (Wildman–Crippen LogP) is 2.44. The first kappa shape index (κ1) is 15.0. The van der Waals surface area contributed by atoms with Gasteiger partial charge in [-0.15, -0.1) is 11.8 Å². The predicted molar refractivity (Wildman–Crippen MR) is 71.7 cm³/mol. The van der Waals surface area contributed by atoms with Crippen LogP contribution in [0.5, 0.6) is 0 Å².